The summed E-state index contributed by atoms with van der Waals surface area (Å²) in [6.45, 7) is 6.87. The second-order valence-electron chi connectivity index (χ2n) is 4.95. The van der Waals surface area contributed by atoms with E-state index in [9.17, 15) is 0 Å². The van der Waals surface area contributed by atoms with Gasteiger partial charge in [0.1, 0.15) is 0 Å². The van der Waals surface area contributed by atoms with E-state index in [1.54, 1.807) is 13.3 Å². The molecule has 0 saturated carbocycles. The zero-order valence-electron chi connectivity index (χ0n) is 11.9. The van der Waals surface area contributed by atoms with Crippen LogP contribution < -0.4 is 5.32 Å². The van der Waals surface area contributed by atoms with Crippen LogP contribution in [0, 0.1) is 0 Å². The van der Waals surface area contributed by atoms with E-state index in [1.807, 2.05) is 12.3 Å². The Bertz CT molecular complexity index is 316. The van der Waals surface area contributed by atoms with E-state index in [0.29, 0.717) is 12.1 Å². The summed E-state index contributed by atoms with van der Waals surface area (Å²) in [5.74, 6) is 0. The molecule has 1 aromatic rings. The van der Waals surface area contributed by atoms with E-state index in [2.05, 4.69) is 42.2 Å². The summed E-state index contributed by atoms with van der Waals surface area (Å²) in [6, 6.07) is 4.94. The standard InChI is InChI=1S/C14H25N3O/c1-12(2)16-9-14(11-18-4)17(3)10-13-6-5-7-15-8-13/h5-8,12,14,16H,9-11H2,1-4H3. The minimum absolute atomic E-state index is 0.373. The molecule has 1 aromatic heterocycles. The lowest BCUT2D eigenvalue weighted by Gasteiger charge is -2.28. The summed E-state index contributed by atoms with van der Waals surface area (Å²) in [5.41, 5.74) is 1.23. The molecular formula is C14H25N3O. The molecule has 0 spiro atoms. The van der Waals surface area contributed by atoms with E-state index in [-0.39, 0.29) is 0 Å². The molecule has 0 fully saturated rings. The van der Waals surface area contributed by atoms with Crippen LogP contribution in [0.1, 0.15) is 19.4 Å². The van der Waals surface area contributed by atoms with Gasteiger partial charge in [0.15, 0.2) is 0 Å². The molecule has 18 heavy (non-hydrogen) atoms. The van der Waals surface area contributed by atoms with E-state index >= 15 is 0 Å². The lowest BCUT2D eigenvalue weighted by atomic mass is 10.2. The fraction of sp³-hybridized carbons (Fsp3) is 0.643. The Labute approximate surface area is 110 Å². The number of aromatic nitrogens is 1. The molecule has 0 saturated heterocycles. The predicted molar refractivity (Wildman–Crippen MR) is 74.5 cm³/mol. The Morgan fingerprint density at radius 1 is 1.44 bits per heavy atom. The van der Waals surface area contributed by atoms with E-state index in [0.717, 1.165) is 19.7 Å². The number of rotatable bonds is 8. The second-order valence-corrected chi connectivity index (χ2v) is 4.95. The van der Waals surface area contributed by atoms with Crippen molar-refractivity contribution in [3.05, 3.63) is 30.1 Å². The van der Waals surface area contributed by atoms with Gasteiger partial charge in [-0.3, -0.25) is 9.88 Å². The quantitative estimate of drug-likeness (QED) is 0.760. The van der Waals surface area contributed by atoms with Crippen LogP contribution in [-0.2, 0) is 11.3 Å². The van der Waals surface area contributed by atoms with Crippen LogP contribution in [0.4, 0.5) is 0 Å². The van der Waals surface area contributed by atoms with Gasteiger partial charge < -0.3 is 10.1 Å². The first-order chi connectivity index (χ1) is 8.63. The van der Waals surface area contributed by atoms with Crippen LogP contribution in [0.2, 0.25) is 0 Å². The molecule has 1 atom stereocenters. The maximum Gasteiger partial charge on any atom is 0.0630 e. The Kier molecular flexibility index (Phi) is 6.86. The molecule has 0 aliphatic carbocycles. The third-order valence-electron chi connectivity index (χ3n) is 2.90. The first-order valence-electron chi connectivity index (χ1n) is 6.45. The van der Waals surface area contributed by atoms with Gasteiger partial charge in [-0.2, -0.15) is 0 Å². The average molecular weight is 251 g/mol. The van der Waals surface area contributed by atoms with Gasteiger partial charge in [-0.1, -0.05) is 19.9 Å². The Balaban J connectivity index is 2.50. The number of pyridine rings is 1. The fourth-order valence-corrected chi connectivity index (χ4v) is 1.81. The smallest absolute Gasteiger partial charge is 0.0630 e. The fourth-order valence-electron chi connectivity index (χ4n) is 1.81. The predicted octanol–water partition coefficient (Wildman–Crippen LogP) is 1.53. The molecule has 0 aliphatic rings. The number of nitrogens with one attached hydrogen (secondary N) is 1. The molecule has 4 heteroatoms. The Hall–Kier alpha value is -0.970. The largest absolute Gasteiger partial charge is 0.383 e. The van der Waals surface area contributed by atoms with Crippen molar-refractivity contribution in [1.29, 1.82) is 0 Å². The molecule has 0 amide bonds. The van der Waals surface area contributed by atoms with Gasteiger partial charge in [0.25, 0.3) is 0 Å². The minimum Gasteiger partial charge on any atom is -0.383 e. The Morgan fingerprint density at radius 3 is 2.78 bits per heavy atom. The summed E-state index contributed by atoms with van der Waals surface area (Å²) >= 11 is 0. The summed E-state index contributed by atoms with van der Waals surface area (Å²) in [4.78, 5) is 6.45. The molecule has 4 nitrogen and oxygen atoms in total. The summed E-state index contributed by atoms with van der Waals surface area (Å²) in [7, 11) is 3.87. The molecule has 1 heterocycles. The van der Waals surface area contributed by atoms with Crippen LogP contribution in [0.25, 0.3) is 0 Å². The van der Waals surface area contributed by atoms with Gasteiger partial charge in [-0.15, -0.1) is 0 Å². The number of hydrogen-bond donors (Lipinski definition) is 1. The molecule has 0 bridgehead atoms. The van der Waals surface area contributed by atoms with E-state index in [1.165, 1.54) is 5.56 Å². The van der Waals surface area contributed by atoms with Crippen molar-refractivity contribution in [1.82, 2.24) is 15.2 Å². The van der Waals surface area contributed by atoms with Crippen molar-refractivity contribution in [3.63, 3.8) is 0 Å². The third-order valence-corrected chi connectivity index (χ3v) is 2.90. The van der Waals surface area contributed by atoms with Crippen molar-refractivity contribution in [2.24, 2.45) is 0 Å². The van der Waals surface area contributed by atoms with E-state index < -0.39 is 0 Å². The van der Waals surface area contributed by atoms with Gasteiger partial charge in [-0.05, 0) is 18.7 Å². The van der Waals surface area contributed by atoms with Gasteiger partial charge in [0.05, 0.1) is 6.61 Å². The molecule has 1 unspecified atom stereocenters. The zero-order chi connectivity index (χ0) is 13.4. The molecule has 0 aromatic carbocycles. The molecule has 1 rings (SSSR count). The van der Waals surface area contributed by atoms with Crippen molar-refractivity contribution < 1.29 is 4.74 Å². The molecular weight excluding hydrogens is 226 g/mol. The summed E-state index contributed by atoms with van der Waals surface area (Å²) in [6.07, 6.45) is 3.71. The van der Waals surface area contributed by atoms with Crippen molar-refractivity contribution >= 4 is 0 Å². The zero-order valence-corrected chi connectivity index (χ0v) is 11.9. The number of ether oxygens (including phenoxy) is 1. The molecule has 1 N–H and O–H groups in total. The lowest BCUT2D eigenvalue weighted by Crippen LogP contribution is -2.44. The van der Waals surface area contributed by atoms with E-state index in [4.69, 9.17) is 4.74 Å². The van der Waals surface area contributed by atoms with Crippen LogP contribution in [0.5, 0.6) is 0 Å². The SMILES string of the molecule is COCC(CNC(C)C)N(C)Cc1cccnc1. The maximum atomic E-state index is 5.30. The molecule has 0 radical (unpaired) electrons. The monoisotopic (exact) mass is 251 g/mol. The normalized spacial score (nSPS) is 13.2. The molecule has 102 valence electrons. The van der Waals surface area contributed by atoms with Gasteiger partial charge in [-0.25, -0.2) is 0 Å². The lowest BCUT2D eigenvalue weighted by molar-refractivity contribution is 0.100. The second kappa shape index (κ2) is 8.19. The average Bonchev–Trinajstić information content (AvgIpc) is 2.35. The maximum absolute atomic E-state index is 5.30. The third kappa shape index (κ3) is 5.58. The van der Waals surface area contributed by atoms with Crippen LogP contribution >= 0.6 is 0 Å². The van der Waals surface area contributed by atoms with Crippen molar-refractivity contribution in [3.8, 4) is 0 Å². The van der Waals surface area contributed by atoms with Gasteiger partial charge in [0.2, 0.25) is 0 Å². The van der Waals surface area contributed by atoms with Gasteiger partial charge >= 0.3 is 0 Å². The summed E-state index contributed by atoms with van der Waals surface area (Å²) in [5, 5.41) is 3.46. The highest BCUT2D eigenvalue weighted by Crippen LogP contribution is 2.05. The van der Waals surface area contributed by atoms with Crippen LogP contribution in [0.3, 0.4) is 0 Å². The number of likely N-dealkylation sites (N-methyl/N-ethyl adjacent to an activating group) is 1. The number of methoxy groups -OCH3 is 1. The first kappa shape index (κ1) is 15.1. The van der Waals surface area contributed by atoms with Crippen LogP contribution in [0.15, 0.2) is 24.5 Å². The highest BCUT2D eigenvalue weighted by atomic mass is 16.5. The molecule has 0 aliphatic heterocycles. The first-order valence-corrected chi connectivity index (χ1v) is 6.45. The Morgan fingerprint density at radius 2 is 2.22 bits per heavy atom. The number of hydrogen-bond acceptors (Lipinski definition) is 4. The van der Waals surface area contributed by atoms with Crippen molar-refractivity contribution in [2.45, 2.75) is 32.5 Å². The summed E-state index contributed by atoms with van der Waals surface area (Å²) < 4.78 is 5.30. The van der Waals surface area contributed by atoms with Gasteiger partial charge in [0, 0.05) is 44.7 Å². The van der Waals surface area contributed by atoms with Crippen molar-refractivity contribution in [2.75, 3.05) is 27.3 Å². The number of nitrogens with zero attached hydrogens (tertiary/aromatic N) is 2. The minimum atomic E-state index is 0.373. The topological polar surface area (TPSA) is 37.4 Å². The highest BCUT2D eigenvalue weighted by molar-refractivity contribution is 5.08. The highest BCUT2D eigenvalue weighted by Gasteiger charge is 2.15. The van der Waals surface area contributed by atoms with Crippen LogP contribution in [-0.4, -0.2) is 49.3 Å².